The molecule has 4 nitrogen and oxygen atoms in total. The average Bonchev–Trinajstić information content (AvgIpc) is 2.48. The van der Waals surface area contributed by atoms with Gasteiger partial charge in [-0.05, 0) is 42.3 Å². The fourth-order valence-electron chi connectivity index (χ4n) is 2.04. The Hall–Kier alpha value is -1.21. The van der Waals surface area contributed by atoms with Gasteiger partial charge in [-0.25, -0.2) is 8.42 Å². The van der Waals surface area contributed by atoms with Crippen LogP contribution in [0.4, 0.5) is 0 Å². The van der Waals surface area contributed by atoms with Gasteiger partial charge in [0, 0.05) is 11.0 Å². The number of carbonyl (C=O) groups is 1. The smallest absolute Gasteiger partial charge is 0.243 e. The first-order chi connectivity index (χ1) is 10.8. The third-order valence-electron chi connectivity index (χ3n) is 3.26. The molecular weight excluding hydrogens is 402 g/mol. The predicted octanol–water partition coefficient (Wildman–Crippen LogP) is 3.71. The highest BCUT2D eigenvalue weighted by Crippen LogP contribution is 2.23. The van der Waals surface area contributed by atoms with Gasteiger partial charge < -0.3 is 0 Å². The van der Waals surface area contributed by atoms with Crippen LogP contribution >= 0.6 is 27.5 Å². The summed E-state index contributed by atoms with van der Waals surface area (Å²) in [5.41, 5.74) is 1.70. The molecule has 0 aliphatic heterocycles. The summed E-state index contributed by atoms with van der Waals surface area (Å²) in [6.45, 7) is 1.53. The van der Waals surface area contributed by atoms with E-state index in [2.05, 4.69) is 15.9 Å². The second-order valence-corrected chi connectivity index (χ2v) is 8.25. The molecule has 0 saturated carbocycles. The Labute approximate surface area is 149 Å². The van der Waals surface area contributed by atoms with E-state index in [1.165, 1.54) is 12.1 Å². The third kappa shape index (κ3) is 4.64. The molecule has 0 spiro atoms. The SMILES string of the molecule is Cc1ccc(S(=O)(=O)N(CC(=O)Cl)Cc2ccccc2Br)cc1. The Morgan fingerprint density at radius 2 is 1.74 bits per heavy atom. The highest BCUT2D eigenvalue weighted by Gasteiger charge is 2.26. The summed E-state index contributed by atoms with van der Waals surface area (Å²) in [6.07, 6.45) is 0. The van der Waals surface area contributed by atoms with E-state index in [0.717, 1.165) is 19.9 Å². The van der Waals surface area contributed by atoms with Gasteiger partial charge in [0.1, 0.15) is 0 Å². The molecule has 2 aromatic carbocycles. The minimum Gasteiger partial charge on any atom is -0.280 e. The van der Waals surface area contributed by atoms with Crippen LogP contribution in [-0.4, -0.2) is 24.5 Å². The van der Waals surface area contributed by atoms with Crippen molar-refractivity contribution < 1.29 is 13.2 Å². The summed E-state index contributed by atoms with van der Waals surface area (Å²) >= 11 is 8.82. The third-order valence-corrected chi connectivity index (χ3v) is 5.96. The summed E-state index contributed by atoms with van der Waals surface area (Å²) < 4.78 is 27.4. The Morgan fingerprint density at radius 3 is 2.30 bits per heavy atom. The molecule has 2 rings (SSSR count). The molecule has 0 aliphatic carbocycles. The number of hydrogen-bond donors (Lipinski definition) is 0. The Kier molecular flexibility index (Phi) is 5.97. The van der Waals surface area contributed by atoms with Gasteiger partial charge in [-0.1, -0.05) is 51.8 Å². The van der Waals surface area contributed by atoms with Crippen molar-refractivity contribution in [2.45, 2.75) is 18.4 Å². The van der Waals surface area contributed by atoms with E-state index in [1.54, 1.807) is 24.3 Å². The van der Waals surface area contributed by atoms with Gasteiger partial charge >= 0.3 is 0 Å². The Morgan fingerprint density at radius 1 is 1.13 bits per heavy atom. The first-order valence-corrected chi connectivity index (χ1v) is 9.40. The standard InChI is InChI=1S/C16H15BrClNO3S/c1-12-6-8-14(9-7-12)23(21,22)19(11-16(18)20)10-13-4-2-3-5-15(13)17/h2-9H,10-11H2,1H3. The van der Waals surface area contributed by atoms with Crippen molar-refractivity contribution in [1.29, 1.82) is 0 Å². The highest BCUT2D eigenvalue weighted by molar-refractivity contribution is 9.10. The second kappa shape index (κ2) is 7.57. The van der Waals surface area contributed by atoms with E-state index in [9.17, 15) is 13.2 Å². The number of aryl methyl sites for hydroxylation is 1. The average molecular weight is 417 g/mol. The van der Waals surface area contributed by atoms with Crippen LogP contribution in [0, 0.1) is 6.92 Å². The van der Waals surface area contributed by atoms with Crippen LogP contribution < -0.4 is 0 Å². The van der Waals surface area contributed by atoms with Crippen LogP contribution in [0.25, 0.3) is 0 Å². The molecule has 7 heteroatoms. The van der Waals surface area contributed by atoms with Crippen LogP contribution in [-0.2, 0) is 21.4 Å². The molecule has 0 unspecified atom stereocenters. The van der Waals surface area contributed by atoms with Gasteiger partial charge in [-0.2, -0.15) is 4.31 Å². The van der Waals surface area contributed by atoms with Gasteiger partial charge in [0.2, 0.25) is 15.3 Å². The molecule has 0 amide bonds. The molecule has 0 heterocycles. The molecule has 0 atom stereocenters. The number of hydrogen-bond acceptors (Lipinski definition) is 3. The molecular formula is C16H15BrClNO3S. The summed E-state index contributed by atoms with van der Waals surface area (Å²) in [4.78, 5) is 11.4. The zero-order valence-corrected chi connectivity index (χ0v) is 15.5. The maximum Gasteiger partial charge on any atom is 0.243 e. The van der Waals surface area contributed by atoms with Crippen LogP contribution in [0.2, 0.25) is 0 Å². The predicted molar refractivity (Wildman–Crippen MR) is 93.8 cm³/mol. The topological polar surface area (TPSA) is 54.5 Å². The van der Waals surface area contributed by atoms with Crippen LogP contribution in [0.1, 0.15) is 11.1 Å². The fourth-order valence-corrected chi connectivity index (χ4v) is 4.04. The van der Waals surface area contributed by atoms with Gasteiger partial charge in [0.15, 0.2) is 0 Å². The molecule has 0 bridgehead atoms. The number of carbonyl (C=O) groups excluding carboxylic acids is 1. The number of rotatable bonds is 6. The lowest BCUT2D eigenvalue weighted by Crippen LogP contribution is -2.34. The summed E-state index contributed by atoms with van der Waals surface area (Å²) in [6, 6.07) is 13.7. The molecule has 0 N–H and O–H groups in total. The van der Waals surface area contributed by atoms with Crippen molar-refractivity contribution in [2.75, 3.05) is 6.54 Å². The summed E-state index contributed by atoms with van der Waals surface area (Å²) in [5, 5.41) is -0.729. The van der Waals surface area contributed by atoms with E-state index >= 15 is 0 Å². The van der Waals surface area contributed by atoms with Crippen molar-refractivity contribution in [3.05, 3.63) is 64.1 Å². The Balaban J connectivity index is 2.39. The van der Waals surface area contributed by atoms with Gasteiger partial charge in [0.05, 0.1) is 11.4 Å². The van der Waals surface area contributed by atoms with Gasteiger partial charge in [0.25, 0.3) is 0 Å². The zero-order chi connectivity index (χ0) is 17.0. The van der Waals surface area contributed by atoms with Crippen LogP contribution in [0.15, 0.2) is 57.9 Å². The first-order valence-electron chi connectivity index (χ1n) is 6.79. The molecule has 122 valence electrons. The maximum absolute atomic E-state index is 12.8. The molecule has 0 aromatic heterocycles. The maximum atomic E-state index is 12.8. The monoisotopic (exact) mass is 415 g/mol. The molecule has 0 aliphatic rings. The Bertz CT molecular complexity index is 806. The van der Waals surface area contributed by atoms with E-state index in [-0.39, 0.29) is 18.0 Å². The van der Waals surface area contributed by atoms with Crippen molar-refractivity contribution in [3.8, 4) is 0 Å². The minimum atomic E-state index is -3.82. The molecule has 0 fully saturated rings. The van der Waals surface area contributed by atoms with E-state index in [4.69, 9.17) is 11.6 Å². The van der Waals surface area contributed by atoms with E-state index in [0.29, 0.717) is 0 Å². The van der Waals surface area contributed by atoms with Crippen molar-refractivity contribution in [2.24, 2.45) is 0 Å². The first kappa shape index (κ1) is 18.1. The van der Waals surface area contributed by atoms with E-state index < -0.39 is 15.3 Å². The van der Waals surface area contributed by atoms with Crippen LogP contribution in [0.3, 0.4) is 0 Å². The molecule has 2 aromatic rings. The van der Waals surface area contributed by atoms with Crippen LogP contribution in [0.5, 0.6) is 0 Å². The number of benzene rings is 2. The number of nitrogens with zero attached hydrogens (tertiary/aromatic N) is 1. The minimum absolute atomic E-state index is 0.0517. The summed E-state index contributed by atoms with van der Waals surface area (Å²) in [5.74, 6) is 0. The van der Waals surface area contributed by atoms with Gasteiger partial charge in [-0.15, -0.1) is 0 Å². The molecule has 0 saturated heterocycles. The van der Waals surface area contributed by atoms with E-state index in [1.807, 2.05) is 19.1 Å². The van der Waals surface area contributed by atoms with Gasteiger partial charge in [-0.3, -0.25) is 4.79 Å². The molecule has 23 heavy (non-hydrogen) atoms. The van der Waals surface area contributed by atoms with Crippen molar-refractivity contribution >= 4 is 42.8 Å². The zero-order valence-electron chi connectivity index (χ0n) is 12.4. The normalized spacial score (nSPS) is 11.7. The summed E-state index contributed by atoms with van der Waals surface area (Å²) in [7, 11) is -3.82. The van der Waals surface area contributed by atoms with Crippen molar-refractivity contribution in [1.82, 2.24) is 4.31 Å². The lowest BCUT2D eigenvalue weighted by Gasteiger charge is -2.21. The number of halogens is 2. The van der Waals surface area contributed by atoms with Crippen molar-refractivity contribution in [3.63, 3.8) is 0 Å². The second-order valence-electron chi connectivity index (χ2n) is 5.03. The number of sulfonamides is 1. The lowest BCUT2D eigenvalue weighted by atomic mass is 10.2. The lowest BCUT2D eigenvalue weighted by molar-refractivity contribution is -0.111. The largest absolute Gasteiger partial charge is 0.280 e. The molecule has 0 radical (unpaired) electrons. The highest BCUT2D eigenvalue weighted by atomic mass is 79.9. The quantitative estimate of drug-likeness (QED) is 0.675. The fraction of sp³-hybridized carbons (Fsp3) is 0.188.